The van der Waals surface area contributed by atoms with E-state index in [0.29, 0.717) is 0 Å². The van der Waals surface area contributed by atoms with Crippen LogP contribution in [0.15, 0.2) is 66.4 Å². The lowest BCUT2D eigenvalue weighted by molar-refractivity contribution is 0.908. The van der Waals surface area contributed by atoms with Crippen LogP contribution in [-0.4, -0.2) is 9.55 Å². The van der Waals surface area contributed by atoms with Crippen molar-refractivity contribution in [3.63, 3.8) is 0 Å². The minimum Gasteiger partial charge on any atom is -0.398 e. The van der Waals surface area contributed by atoms with Crippen molar-refractivity contribution in [3.8, 4) is 5.69 Å². The SMILES string of the molecule is CCc1nc2cc(C3=C(N)C=CCC3)ccc2n1-c1ccccc1. The van der Waals surface area contributed by atoms with Gasteiger partial charge >= 0.3 is 0 Å². The number of aromatic nitrogens is 2. The second-order valence-corrected chi connectivity index (χ2v) is 6.13. The number of para-hydroxylation sites is 1. The molecule has 0 saturated heterocycles. The first kappa shape index (κ1) is 14.8. The Labute approximate surface area is 142 Å². The smallest absolute Gasteiger partial charge is 0.114 e. The normalized spacial score (nSPS) is 14.5. The molecule has 0 bridgehead atoms. The van der Waals surface area contributed by atoms with Crippen molar-refractivity contribution in [1.29, 1.82) is 0 Å². The number of rotatable bonds is 3. The zero-order valence-corrected chi connectivity index (χ0v) is 13.9. The number of benzene rings is 2. The molecule has 0 saturated carbocycles. The van der Waals surface area contributed by atoms with Crippen LogP contribution in [0.25, 0.3) is 22.3 Å². The van der Waals surface area contributed by atoms with Gasteiger partial charge in [0.2, 0.25) is 0 Å². The number of aryl methyl sites for hydroxylation is 1. The van der Waals surface area contributed by atoms with E-state index in [2.05, 4.69) is 60.0 Å². The highest BCUT2D eigenvalue weighted by Gasteiger charge is 2.14. The summed E-state index contributed by atoms with van der Waals surface area (Å²) in [5.41, 5.74) is 12.8. The fourth-order valence-corrected chi connectivity index (χ4v) is 3.41. The number of nitrogens with two attached hydrogens (primary N) is 1. The van der Waals surface area contributed by atoms with Crippen LogP contribution in [-0.2, 0) is 6.42 Å². The number of allylic oxidation sites excluding steroid dienone is 3. The molecule has 3 nitrogen and oxygen atoms in total. The topological polar surface area (TPSA) is 43.8 Å². The molecule has 0 spiro atoms. The van der Waals surface area contributed by atoms with E-state index in [1.54, 1.807) is 0 Å². The van der Waals surface area contributed by atoms with E-state index in [9.17, 15) is 0 Å². The molecule has 0 radical (unpaired) electrons. The van der Waals surface area contributed by atoms with Gasteiger partial charge in [-0.25, -0.2) is 4.98 Å². The fourth-order valence-electron chi connectivity index (χ4n) is 3.41. The average Bonchev–Trinajstić information content (AvgIpc) is 3.00. The maximum atomic E-state index is 6.17. The van der Waals surface area contributed by atoms with Gasteiger partial charge in [-0.2, -0.15) is 0 Å². The van der Waals surface area contributed by atoms with Crippen molar-refractivity contribution in [3.05, 3.63) is 77.8 Å². The van der Waals surface area contributed by atoms with Gasteiger partial charge in [0.25, 0.3) is 0 Å². The van der Waals surface area contributed by atoms with E-state index in [4.69, 9.17) is 10.7 Å². The summed E-state index contributed by atoms with van der Waals surface area (Å²) < 4.78 is 2.25. The minimum absolute atomic E-state index is 0.874. The lowest BCUT2D eigenvalue weighted by atomic mass is 9.95. The van der Waals surface area contributed by atoms with Gasteiger partial charge in [-0.1, -0.05) is 37.3 Å². The van der Waals surface area contributed by atoms with Gasteiger partial charge in [-0.15, -0.1) is 0 Å². The molecule has 2 N–H and O–H groups in total. The lowest BCUT2D eigenvalue weighted by Crippen LogP contribution is -2.03. The Morgan fingerprint density at radius 3 is 2.71 bits per heavy atom. The van der Waals surface area contributed by atoms with Crippen LogP contribution < -0.4 is 5.73 Å². The monoisotopic (exact) mass is 315 g/mol. The van der Waals surface area contributed by atoms with Gasteiger partial charge < -0.3 is 5.73 Å². The van der Waals surface area contributed by atoms with E-state index >= 15 is 0 Å². The Hall–Kier alpha value is -2.81. The summed E-state index contributed by atoms with van der Waals surface area (Å²) in [4.78, 5) is 4.87. The van der Waals surface area contributed by atoms with Crippen LogP contribution in [0.5, 0.6) is 0 Å². The molecule has 120 valence electrons. The molecular formula is C21H21N3. The molecule has 1 aliphatic carbocycles. The zero-order chi connectivity index (χ0) is 16.5. The molecule has 0 amide bonds. The molecule has 1 aromatic heterocycles. The third kappa shape index (κ3) is 2.42. The Kier molecular flexibility index (Phi) is 3.69. The number of hydrogen-bond donors (Lipinski definition) is 1. The van der Waals surface area contributed by atoms with Gasteiger partial charge in [0.05, 0.1) is 11.0 Å². The maximum Gasteiger partial charge on any atom is 0.114 e. The molecule has 3 heteroatoms. The Bertz CT molecular complexity index is 946. The summed E-state index contributed by atoms with van der Waals surface area (Å²) in [6, 6.07) is 16.9. The highest BCUT2D eigenvalue weighted by atomic mass is 15.1. The number of imidazole rings is 1. The van der Waals surface area contributed by atoms with Crippen molar-refractivity contribution >= 4 is 16.6 Å². The number of nitrogens with zero attached hydrogens (tertiary/aromatic N) is 2. The van der Waals surface area contributed by atoms with Crippen LogP contribution >= 0.6 is 0 Å². The highest BCUT2D eigenvalue weighted by Crippen LogP contribution is 2.30. The van der Waals surface area contributed by atoms with Gasteiger partial charge in [0, 0.05) is 17.8 Å². The molecule has 0 aliphatic heterocycles. The van der Waals surface area contributed by atoms with E-state index in [-0.39, 0.29) is 0 Å². The van der Waals surface area contributed by atoms with Gasteiger partial charge in [-0.05, 0) is 54.3 Å². The lowest BCUT2D eigenvalue weighted by Gasteiger charge is -2.13. The van der Waals surface area contributed by atoms with Crippen LogP contribution in [0.1, 0.15) is 31.2 Å². The van der Waals surface area contributed by atoms with E-state index in [1.165, 1.54) is 11.1 Å². The molecule has 4 rings (SSSR count). The maximum absolute atomic E-state index is 6.17. The summed E-state index contributed by atoms with van der Waals surface area (Å²) in [6.45, 7) is 2.15. The molecule has 24 heavy (non-hydrogen) atoms. The number of hydrogen-bond acceptors (Lipinski definition) is 2. The quantitative estimate of drug-likeness (QED) is 0.767. The van der Waals surface area contributed by atoms with E-state index in [1.807, 2.05) is 12.1 Å². The number of fused-ring (bicyclic) bond motifs is 1. The predicted molar refractivity (Wildman–Crippen MR) is 99.9 cm³/mol. The molecule has 3 aromatic rings. The average molecular weight is 315 g/mol. The van der Waals surface area contributed by atoms with Crippen molar-refractivity contribution in [2.24, 2.45) is 5.73 Å². The molecule has 0 atom stereocenters. The summed E-state index contributed by atoms with van der Waals surface area (Å²) in [5, 5.41) is 0. The first-order valence-electron chi connectivity index (χ1n) is 8.50. The molecular weight excluding hydrogens is 294 g/mol. The second-order valence-electron chi connectivity index (χ2n) is 6.13. The van der Waals surface area contributed by atoms with Crippen LogP contribution in [0.2, 0.25) is 0 Å². The van der Waals surface area contributed by atoms with Crippen LogP contribution in [0.3, 0.4) is 0 Å². The molecule has 0 unspecified atom stereocenters. The third-order valence-electron chi connectivity index (χ3n) is 4.61. The first-order valence-corrected chi connectivity index (χ1v) is 8.50. The van der Waals surface area contributed by atoms with Crippen molar-refractivity contribution < 1.29 is 0 Å². The Morgan fingerprint density at radius 2 is 1.96 bits per heavy atom. The third-order valence-corrected chi connectivity index (χ3v) is 4.61. The van der Waals surface area contributed by atoms with E-state index < -0.39 is 0 Å². The summed E-state index contributed by atoms with van der Waals surface area (Å²) in [5.74, 6) is 1.08. The first-order chi connectivity index (χ1) is 11.8. The second kappa shape index (κ2) is 6.00. The molecule has 1 aliphatic rings. The Morgan fingerprint density at radius 1 is 1.12 bits per heavy atom. The summed E-state index contributed by atoms with van der Waals surface area (Å²) in [6.07, 6.45) is 7.09. The zero-order valence-electron chi connectivity index (χ0n) is 13.9. The summed E-state index contributed by atoms with van der Waals surface area (Å²) in [7, 11) is 0. The fraction of sp³-hybridized carbons (Fsp3) is 0.190. The van der Waals surface area contributed by atoms with Gasteiger partial charge in [0.15, 0.2) is 0 Å². The minimum atomic E-state index is 0.874. The van der Waals surface area contributed by atoms with E-state index in [0.717, 1.165) is 47.5 Å². The highest BCUT2D eigenvalue weighted by molar-refractivity contribution is 5.84. The van der Waals surface area contributed by atoms with Gasteiger partial charge in [-0.3, -0.25) is 4.57 Å². The summed E-state index contributed by atoms with van der Waals surface area (Å²) >= 11 is 0. The standard InChI is InChI=1S/C21H21N3/c1-2-21-23-19-14-15(17-10-6-7-11-18(17)22)12-13-20(19)24(21)16-8-4-3-5-9-16/h3-5,7-9,11-14H,2,6,10,22H2,1H3. The Balaban J connectivity index is 1.90. The molecule has 2 aromatic carbocycles. The van der Waals surface area contributed by atoms with Gasteiger partial charge in [0.1, 0.15) is 5.82 Å². The van der Waals surface area contributed by atoms with Crippen molar-refractivity contribution in [2.45, 2.75) is 26.2 Å². The van der Waals surface area contributed by atoms with Crippen LogP contribution in [0.4, 0.5) is 0 Å². The largest absolute Gasteiger partial charge is 0.398 e. The molecule has 0 fully saturated rings. The predicted octanol–water partition coefficient (Wildman–Crippen LogP) is 4.61. The van der Waals surface area contributed by atoms with Crippen LogP contribution in [0, 0.1) is 0 Å². The van der Waals surface area contributed by atoms with Crippen molar-refractivity contribution in [1.82, 2.24) is 9.55 Å². The van der Waals surface area contributed by atoms with Crippen molar-refractivity contribution in [2.75, 3.05) is 0 Å². The molecule has 1 heterocycles.